The van der Waals surface area contributed by atoms with Crippen LogP contribution in [-0.4, -0.2) is 31.7 Å². The lowest BCUT2D eigenvalue weighted by atomic mass is 9.93. The van der Waals surface area contributed by atoms with Crippen LogP contribution < -0.4 is 5.32 Å². The largest absolute Gasteiger partial charge is 0.478 e. The van der Waals surface area contributed by atoms with Crippen LogP contribution in [0.15, 0.2) is 53.4 Å². The van der Waals surface area contributed by atoms with Gasteiger partial charge in [-0.25, -0.2) is 13.2 Å². The topological polar surface area (TPSA) is 101 Å². The van der Waals surface area contributed by atoms with Crippen LogP contribution in [0.5, 0.6) is 0 Å². The van der Waals surface area contributed by atoms with E-state index in [4.69, 9.17) is 0 Å². The molecule has 0 heterocycles. The Bertz CT molecular complexity index is 907. The summed E-state index contributed by atoms with van der Waals surface area (Å²) in [7, 11) is -3.61. The molecule has 1 unspecified atom stereocenters. The Morgan fingerprint density at radius 3 is 2.31 bits per heavy atom. The summed E-state index contributed by atoms with van der Waals surface area (Å²) in [6.45, 7) is 1.97. The van der Waals surface area contributed by atoms with Crippen LogP contribution in [0.4, 0.5) is 5.69 Å². The van der Waals surface area contributed by atoms with Gasteiger partial charge in [-0.05, 0) is 30.2 Å². The molecule has 0 aromatic heterocycles. The van der Waals surface area contributed by atoms with Gasteiger partial charge in [-0.1, -0.05) is 43.7 Å². The molecular weight excluding hydrogens is 354 g/mol. The van der Waals surface area contributed by atoms with Gasteiger partial charge in [0.25, 0.3) is 0 Å². The average Bonchev–Trinajstić information content (AvgIpc) is 2.59. The quantitative estimate of drug-likeness (QED) is 0.773. The van der Waals surface area contributed by atoms with Gasteiger partial charge in [0, 0.05) is 11.9 Å². The molecule has 0 saturated carbocycles. The maximum Gasteiger partial charge on any atom is 0.335 e. The molecule has 0 fully saturated rings. The van der Waals surface area contributed by atoms with Crippen molar-refractivity contribution in [1.82, 2.24) is 0 Å². The number of hydrogen-bond donors (Lipinski definition) is 2. The van der Waals surface area contributed by atoms with Gasteiger partial charge in [0.15, 0.2) is 9.84 Å². The lowest BCUT2D eigenvalue weighted by Crippen LogP contribution is -2.21. The number of rotatable bonds is 7. The van der Waals surface area contributed by atoms with Crippen molar-refractivity contribution in [3.8, 4) is 0 Å². The standard InChI is InChI=1S/C19H21NO5S/c1-3-7-17(13-8-5-4-6-9-13)18(21)20-15-10-14(19(22)23)11-16(12-15)26(2,24)25/h4-6,8-12,17H,3,7H2,1-2H3,(H,20,21)(H,22,23). The van der Waals surface area contributed by atoms with Gasteiger partial charge in [-0.2, -0.15) is 0 Å². The first-order chi connectivity index (χ1) is 12.2. The SMILES string of the molecule is CCCC(C(=O)Nc1cc(C(=O)O)cc(S(C)(=O)=O)c1)c1ccccc1. The highest BCUT2D eigenvalue weighted by Gasteiger charge is 2.21. The second kappa shape index (κ2) is 8.14. The zero-order valence-corrected chi connectivity index (χ0v) is 15.4. The van der Waals surface area contributed by atoms with E-state index in [0.29, 0.717) is 6.42 Å². The van der Waals surface area contributed by atoms with Crippen molar-refractivity contribution in [2.24, 2.45) is 0 Å². The van der Waals surface area contributed by atoms with E-state index >= 15 is 0 Å². The van der Waals surface area contributed by atoms with Crippen LogP contribution in [0, 0.1) is 0 Å². The molecule has 0 spiro atoms. The van der Waals surface area contributed by atoms with Gasteiger partial charge in [-0.3, -0.25) is 4.79 Å². The molecule has 2 aromatic carbocycles. The first-order valence-electron chi connectivity index (χ1n) is 8.16. The van der Waals surface area contributed by atoms with E-state index in [1.54, 1.807) is 0 Å². The summed E-state index contributed by atoms with van der Waals surface area (Å²) >= 11 is 0. The van der Waals surface area contributed by atoms with E-state index in [9.17, 15) is 23.1 Å². The predicted octanol–water partition coefficient (Wildman–Crippen LogP) is 3.31. The van der Waals surface area contributed by atoms with Crippen molar-refractivity contribution in [2.75, 3.05) is 11.6 Å². The van der Waals surface area contributed by atoms with E-state index in [1.165, 1.54) is 12.1 Å². The molecule has 2 aromatic rings. The highest BCUT2D eigenvalue weighted by Crippen LogP contribution is 2.25. The summed E-state index contributed by atoms with van der Waals surface area (Å²) < 4.78 is 23.6. The third-order valence-electron chi connectivity index (χ3n) is 3.94. The number of carbonyl (C=O) groups excluding carboxylic acids is 1. The molecule has 0 aliphatic carbocycles. The molecule has 26 heavy (non-hydrogen) atoms. The second-order valence-corrected chi connectivity index (χ2v) is 8.08. The van der Waals surface area contributed by atoms with Crippen LogP contribution in [-0.2, 0) is 14.6 Å². The molecule has 138 valence electrons. The zero-order chi connectivity index (χ0) is 19.3. The minimum Gasteiger partial charge on any atom is -0.478 e. The number of hydrogen-bond acceptors (Lipinski definition) is 4. The Morgan fingerprint density at radius 1 is 1.12 bits per heavy atom. The Kier molecular flexibility index (Phi) is 6.15. The predicted molar refractivity (Wildman–Crippen MR) is 99.2 cm³/mol. The zero-order valence-electron chi connectivity index (χ0n) is 14.6. The minimum absolute atomic E-state index is 0.146. The summed E-state index contributed by atoms with van der Waals surface area (Å²) in [6, 6.07) is 12.9. The summed E-state index contributed by atoms with van der Waals surface area (Å²) in [6.07, 6.45) is 2.40. The molecule has 0 saturated heterocycles. The molecule has 0 bridgehead atoms. The molecule has 6 nitrogen and oxygen atoms in total. The van der Waals surface area contributed by atoms with Crippen molar-refractivity contribution in [1.29, 1.82) is 0 Å². The van der Waals surface area contributed by atoms with E-state index < -0.39 is 21.7 Å². The number of amides is 1. The summed E-state index contributed by atoms with van der Waals surface area (Å²) in [4.78, 5) is 23.9. The Morgan fingerprint density at radius 2 is 1.77 bits per heavy atom. The number of aromatic carboxylic acids is 1. The third kappa shape index (κ3) is 4.92. The van der Waals surface area contributed by atoms with Crippen LogP contribution in [0.2, 0.25) is 0 Å². The molecule has 2 N–H and O–H groups in total. The number of carboxylic acid groups (broad SMARTS) is 1. The number of carboxylic acids is 1. The molecule has 2 rings (SSSR count). The lowest BCUT2D eigenvalue weighted by Gasteiger charge is -2.17. The summed E-state index contributed by atoms with van der Waals surface area (Å²) in [5.74, 6) is -1.98. The van der Waals surface area contributed by atoms with Crippen molar-refractivity contribution >= 4 is 27.4 Å². The first-order valence-corrected chi connectivity index (χ1v) is 10.1. The van der Waals surface area contributed by atoms with Gasteiger partial charge in [0.1, 0.15) is 0 Å². The molecule has 7 heteroatoms. The Hall–Kier alpha value is -2.67. The Balaban J connectivity index is 2.37. The van der Waals surface area contributed by atoms with Gasteiger partial charge < -0.3 is 10.4 Å². The van der Waals surface area contributed by atoms with Crippen LogP contribution in [0.25, 0.3) is 0 Å². The second-order valence-electron chi connectivity index (χ2n) is 6.06. The van der Waals surface area contributed by atoms with Crippen molar-refractivity contribution in [2.45, 2.75) is 30.6 Å². The average molecular weight is 375 g/mol. The minimum atomic E-state index is -3.61. The molecule has 0 aliphatic heterocycles. The van der Waals surface area contributed by atoms with Crippen LogP contribution >= 0.6 is 0 Å². The fourth-order valence-corrected chi connectivity index (χ4v) is 3.34. The highest BCUT2D eigenvalue weighted by molar-refractivity contribution is 7.90. The maximum atomic E-state index is 12.7. The van der Waals surface area contributed by atoms with E-state index in [-0.39, 0.29) is 22.1 Å². The number of carbonyl (C=O) groups is 2. The number of anilines is 1. The molecule has 1 amide bonds. The van der Waals surface area contributed by atoms with Crippen LogP contribution in [0.1, 0.15) is 41.6 Å². The van der Waals surface area contributed by atoms with Gasteiger partial charge in [-0.15, -0.1) is 0 Å². The Labute approximate surface area is 152 Å². The van der Waals surface area contributed by atoms with Crippen molar-refractivity contribution in [3.05, 3.63) is 59.7 Å². The van der Waals surface area contributed by atoms with E-state index in [2.05, 4.69) is 5.32 Å². The van der Waals surface area contributed by atoms with Gasteiger partial charge in [0.2, 0.25) is 5.91 Å². The first kappa shape index (κ1) is 19.7. The number of nitrogens with one attached hydrogen (secondary N) is 1. The highest BCUT2D eigenvalue weighted by atomic mass is 32.2. The van der Waals surface area contributed by atoms with Crippen LogP contribution in [0.3, 0.4) is 0 Å². The van der Waals surface area contributed by atoms with Gasteiger partial charge in [0.05, 0.1) is 16.4 Å². The monoisotopic (exact) mass is 375 g/mol. The molecule has 1 atom stereocenters. The van der Waals surface area contributed by atoms with E-state index in [0.717, 1.165) is 24.3 Å². The fourth-order valence-electron chi connectivity index (χ4n) is 2.66. The molecule has 0 aliphatic rings. The van der Waals surface area contributed by atoms with Gasteiger partial charge >= 0.3 is 5.97 Å². The van der Waals surface area contributed by atoms with Crippen molar-refractivity contribution < 1.29 is 23.1 Å². The lowest BCUT2D eigenvalue weighted by molar-refractivity contribution is -0.117. The third-order valence-corrected chi connectivity index (χ3v) is 5.04. The fraction of sp³-hybridized carbons (Fsp3) is 0.263. The maximum absolute atomic E-state index is 12.7. The van der Waals surface area contributed by atoms with E-state index in [1.807, 2.05) is 37.3 Å². The number of benzene rings is 2. The molecular formula is C19H21NO5S. The smallest absolute Gasteiger partial charge is 0.335 e. The van der Waals surface area contributed by atoms with Crippen molar-refractivity contribution in [3.63, 3.8) is 0 Å². The summed E-state index contributed by atoms with van der Waals surface area (Å²) in [5.41, 5.74) is 0.798. The normalized spacial score (nSPS) is 12.4. The number of sulfone groups is 1. The molecule has 0 radical (unpaired) electrons. The summed E-state index contributed by atoms with van der Waals surface area (Å²) in [5, 5.41) is 11.9.